The summed E-state index contributed by atoms with van der Waals surface area (Å²) in [6, 6.07) is 8.27. The zero-order valence-electron chi connectivity index (χ0n) is 10.1. The van der Waals surface area contributed by atoms with Crippen LogP contribution >= 0.6 is 0 Å². The van der Waals surface area contributed by atoms with Gasteiger partial charge < -0.3 is 9.26 Å². The zero-order valence-corrected chi connectivity index (χ0v) is 10.1. The molecule has 1 aliphatic heterocycles. The van der Waals surface area contributed by atoms with Gasteiger partial charge in [0.05, 0.1) is 24.8 Å². The lowest BCUT2D eigenvalue weighted by molar-refractivity contribution is 0.0628. The van der Waals surface area contributed by atoms with E-state index in [1.54, 1.807) is 30.3 Å². The topological polar surface area (TPSA) is 72.6 Å². The molecular weight excluding hydrogens is 248 g/mol. The van der Waals surface area contributed by atoms with Crippen molar-refractivity contribution in [1.82, 2.24) is 10.1 Å². The van der Waals surface area contributed by atoms with Gasteiger partial charge in [0.25, 0.3) is 17.7 Å². The monoisotopic (exact) mass is 258 g/mol. The summed E-state index contributed by atoms with van der Waals surface area (Å²) in [5.41, 5.74) is 0.831. The molecule has 1 aromatic carbocycles. The fourth-order valence-corrected chi connectivity index (χ4v) is 2.00. The number of benzene rings is 1. The number of aromatic nitrogens is 1. The van der Waals surface area contributed by atoms with Crippen LogP contribution < -0.4 is 4.74 Å². The van der Waals surface area contributed by atoms with Crippen LogP contribution in [0.25, 0.3) is 0 Å². The molecule has 6 nitrogen and oxygen atoms in total. The highest BCUT2D eigenvalue weighted by Crippen LogP contribution is 2.24. The van der Waals surface area contributed by atoms with Gasteiger partial charge in [-0.2, -0.15) is 0 Å². The molecule has 0 saturated heterocycles. The van der Waals surface area contributed by atoms with Crippen molar-refractivity contribution in [2.45, 2.75) is 6.54 Å². The first kappa shape index (κ1) is 11.5. The maximum Gasteiger partial charge on any atom is 0.261 e. The van der Waals surface area contributed by atoms with Gasteiger partial charge in [0, 0.05) is 6.07 Å². The van der Waals surface area contributed by atoms with Crippen molar-refractivity contribution < 1.29 is 18.8 Å². The van der Waals surface area contributed by atoms with Crippen molar-refractivity contribution in [3.63, 3.8) is 0 Å². The number of imide groups is 1. The van der Waals surface area contributed by atoms with Gasteiger partial charge in [0.2, 0.25) is 0 Å². The molecule has 2 heterocycles. The summed E-state index contributed by atoms with van der Waals surface area (Å²) in [5.74, 6) is 0.0601. The molecule has 0 fully saturated rings. The van der Waals surface area contributed by atoms with Crippen LogP contribution in [-0.2, 0) is 6.54 Å². The van der Waals surface area contributed by atoms with Gasteiger partial charge in [-0.15, -0.1) is 0 Å². The number of hydrogen-bond acceptors (Lipinski definition) is 5. The van der Waals surface area contributed by atoms with Crippen LogP contribution in [0.3, 0.4) is 0 Å². The summed E-state index contributed by atoms with van der Waals surface area (Å²) < 4.78 is 9.87. The van der Waals surface area contributed by atoms with E-state index in [1.165, 1.54) is 7.11 Å². The molecule has 6 heteroatoms. The van der Waals surface area contributed by atoms with Crippen molar-refractivity contribution in [2.75, 3.05) is 7.11 Å². The smallest absolute Gasteiger partial charge is 0.261 e. The van der Waals surface area contributed by atoms with Gasteiger partial charge in [-0.05, 0) is 17.3 Å². The van der Waals surface area contributed by atoms with Crippen LogP contribution in [0.4, 0.5) is 0 Å². The Morgan fingerprint density at radius 3 is 2.37 bits per heavy atom. The molecule has 0 atom stereocenters. The third kappa shape index (κ3) is 1.77. The highest BCUT2D eigenvalue weighted by atomic mass is 16.5. The predicted octanol–water partition coefficient (Wildman–Crippen LogP) is 1.48. The largest absolute Gasteiger partial charge is 0.479 e. The standard InChI is InChI=1S/C13H10N2O4/c1-18-11-6-8(19-14-11)7-15-12(16)9-4-2-3-5-10(9)13(15)17/h2-6H,7H2,1H3. The molecule has 0 bridgehead atoms. The van der Waals surface area contributed by atoms with Gasteiger partial charge in [-0.25, -0.2) is 0 Å². The zero-order chi connectivity index (χ0) is 13.4. The number of nitrogens with zero attached hydrogens (tertiary/aromatic N) is 2. The molecular formula is C13H10N2O4. The van der Waals surface area contributed by atoms with Crippen molar-refractivity contribution in [2.24, 2.45) is 0 Å². The van der Waals surface area contributed by atoms with Crippen LogP contribution in [0.2, 0.25) is 0 Å². The lowest BCUT2D eigenvalue weighted by atomic mass is 10.1. The normalized spacial score (nSPS) is 13.8. The first-order valence-corrected chi connectivity index (χ1v) is 5.65. The minimum absolute atomic E-state index is 0.0444. The van der Waals surface area contributed by atoms with Crippen molar-refractivity contribution in [3.05, 3.63) is 47.2 Å². The molecule has 0 unspecified atom stereocenters. The molecule has 2 amide bonds. The number of fused-ring (bicyclic) bond motifs is 1. The van der Waals surface area contributed by atoms with Gasteiger partial charge in [0.1, 0.15) is 0 Å². The Morgan fingerprint density at radius 1 is 1.21 bits per heavy atom. The minimum Gasteiger partial charge on any atom is -0.479 e. The molecule has 0 spiro atoms. The minimum atomic E-state index is -0.323. The van der Waals surface area contributed by atoms with E-state index in [1.807, 2.05) is 0 Å². The molecule has 0 saturated carbocycles. The third-order valence-corrected chi connectivity index (χ3v) is 2.94. The molecule has 0 radical (unpaired) electrons. The van der Waals surface area contributed by atoms with E-state index in [2.05, 4.69) is 5.16 Å². The summed E-state index contributed by atoms with van der Waals surface area (Å²) in [6.07, 6.45) is 0. The summed E-state index contributed by atoms with van der Waals surface area (Å²) in [4.78, 5) is 25.3. The van der Waals surface area contributed by atoms with Crippen molar-refractivity contribution in [1.29, 1.82) is 0 Å². The molecule has 96 valence electrons. The number of amides is 2. The maximum absolute atomic E-state index is 12.1. The van der Waals surface area contributed by atoms with Crippen LogP contribution in [0.1, 0.15) is 26.5 Å². The lowest BCUT2D eigenvalue weighted by Gasteiger charge is -2.10. The van der Waals surface area contributed by atoms with E-state index < -0.39 is 0 Å². The third-order valence-electron chi connectivity index (χ3n) is 2.94. The highest BCUT2D eigenvalue weighted by Gasteiger charge is 2.35. The van der Waals surface area contributed by atoms with E-state index in [9.17, 15) is 9.59 Å². The van der Waals surface area contributed by atoms with Crippen LogP contribution in [-0.4, -0.2) is 29.0 Å². The van der Waals surface area contributed by atoms with Crippen LogP contribution in [0.15, 0.2) is 34.9 Å². The van der Waals surface area contributed by atoms with E-state index in [0.717, 1.165) is 4.90 Å². The average molecular weight is 258 g/mol. The van der Waals surface area contributed by atoms with Gasteiger partial charge >= 0.3 is 0 Å². The van der Waals surface area contributed by atoms with Gasteiger partial charge in [-0.3, -0.25) is 14.5 Å². The molecule has 1 aromatic heterocycles. The second-order valence-corrected chi connectivity index (χ2v) is 4.08. The van der Waals surface area contributed by atoms with Crippen LogP contribution in [0.5, 0.6) is 5.88 Å². The van der Waals surface area contributed by atoms with Gasteiger partial charge in [-0.1, -0.05) is 12.1 Å². The van der Waals surface area contributed by atoms with E-state index in [0.29, 0.717) is 22.8 Å². The second kappa shape index (κ2) is 4.24. The number of hydrogen-bond donors (Lipinski definition) is 0. The first-order chi connectivity index (χ1) is 9.20. The number of rotatable bonds is 3. The predicted molar refractivity (Wildman–Crippen MR) is 63.7 cm³/mol. The average Bonchev–Trinajstić information content (AvgIpc) is 2.99. The lowest BCUT2D eigenvalue weighted by Crippen LogP contribution is -2.28. The van der Waals surface area contributed by atoms with E-state index in [-0.39, 0.29) is 18.4 Å². The first-order valence-electron chi connectivity index (χ1n) is 5.65. The maximum atomic E-state index is 12.1. The fraction of sp³-hybridized carbons (Fsp3) is 0.154. The second-order valence-electron chi connectivity index (χ2n) is 4.08. The Bertz CT molecular complexity index is 627. The number of ether oxygens (including phenoxy) is 1. The Kier molecular flexibility index (Phi) is 2.56. The fourth-order valence-electron chi connectivity index (χ4n) is 2.00. The molecule has 0 aliphatic carbocycles. The number of carbonyl (C=O) groups is 2. The Labute approximate surface area is 108 Å². The summed E-state index contributed by atoms with van der Waals surface area (Å²) in [5, 5.41) is 3.63. The Morgan fingerprint density at radius 2 is 1.84 bits per heavy atom. The molecule has 1 aliphatic rings. The molecule has 2 aromatic rings. The van der Waals surface area contributed by atoms with E-state index >= 15 is 0 Å². The van der Waals surface area contributed by atoms with Crippen molar-refractivity contribution in [3.8, 4) is 5.88 Å². The quantitative estimate of drug-likeness (QED) is 0.780. The van der Waals surface area contributed by atoms with Gasteiger partial charge in [0.15, 0.2) is 5.76 Å². The number of methoxy groups -OCH3 is 1. The SMILES string of the molecule is COc1cc(CN2C(=O)c3ccccc3C2=O)on1. The Balaban J connectivity index is 1.88. The summed E-state index contributed by atoms with van der Waals surface area (Å²) in [7, 11) is 1.46. The van der Waals surface area contributed by atoms with E-state index in [4.69, 9.17) is 9.26 Å². The number of carbonyl (C=O) groups excluding carboxylic acids is 2. The molecule has 19 heavy (non-hydrogen) atoms. The highest BCUT2D eigenvalue weighted by molar-refractivity contribution is 6.21. The summed E-state index contributed by atoms with van der Waals surface area (Å²) >= 11 is 0. The summed E-state index contributed by atoms with van der Waals surface area (Å²) in [6.45, 7) is 0.0444. The Hall–Kier alpha value is -2.63. The van der Waals surface area contributed by atoms with Crippen LogP contribution in [0, 0.1) is 0 Å². The molecule has 3 rings (SSSR count). The van der Waals surface area contributed by atoms with Crippen molar-refractivity contribution >= 4 is 11.8 Å². The molecule has 0 N–H and O–H groups in total.